The number of hydrogen-bond acceptors (Lipinski definition) is 8. The molecule has 1 aliphatic rings. The van der Waals surface area contributed by atoms with Crippen LogP contribution in [0.1, 0.15) is 45.2 Å². The van der Waals surface area contributed by atoms with Gasteiger partial charge in [-0.05, 0) is 49.8 Å². The third kappa shape index (κ3) is 6.28. The van der Waals surface area contributed by atoms with Crippen LogP contribution in [0, 0.1) is 5.92 Å². The molecular weight excluding hydrogens is 545 g/mol. The van der Waals surface area contributed by atoms with Crippen molar-refractivity contribution in [1.82, 2.24) is 24.1 Å². The predicted octanol–water partition coefficient (Wildman–Crippen LogP) is 3.30. The fourth-order valence-electron chi connectivity index (χ4n) is 4.85. The Kier molecular flexibility index (Phi) is 8.97. The van der Waals surface area contributed by atoms with Crippen LogP contribution in [-0.4, -0.2) is 70.3 Å². The summed E-state index contributed by atoms with van der Waals surface area (Å²) in [5.74, 6) is 0.514. The Hall–Kier alpha value is -2.57. The molecule has 2 aromatic heterocycles. The topological polar surface area (TPSA) is 157 Å². The van der Waals surface area contributed by atoms with Gasteiger partial charge in [0.2, 0.25) is 10.0 Å². The van der Waals surface area contributed by atoms with Crippen molar-refractivity contribution in [3.8, 4) is 17.1 Å². The molecule has 14 heteroatoms. The van der Waals surface area contributed by atoms with Crippen LogP contribution in [0.25, 0.3) is 22.4 Å². The Balaban J connectivity index is 1.71. The van der Waals surface area contributed by atoms with Gasteiger partial charge in [0.05, 0.1) is 28.9 Å². The summed E-state index contributed by atoms with van der Waals surface area (Å²) in [4.78, 5) is 30.4. The van der Waals surface area contributed by atoms with Crippen molar-refractivity contribution in [1.29, 1.82) is 0 Å². The normalized spacial score (nSPS) is 16.9. The molecular formula is C25H36N5O7PS. The van der Waals surface area contributed by atoms with E-state index in [1.165, 1.54) is 28.2 Å². The van der Waals surface area contributed by atoms with E-state index in [-0.39, 0.29) is 41.4 Å². The number of sulfonamides is 1. The third-order valence-corrected chi connectivity index (χ3v) is 10.3. The minimum atomic E-state index is -3.89. The number of H-pyrrole nitrogens is 1. The average Bonchev–Trinajstić information content (AvgIpc) is 3.23. The predicted molar refractivity (Wildman–Crippen MR) is 148 cm³/mol. The summed E-state index contributed by atoms with van der Waals surface area (Å²) in [6.45, 7) is 4.82. The van der Waals surface area contributed by atoms with Crippen molar-refractivity contribution in [2.75, 3.05) is 33.0 Å². The SMILES string of the molecule is CCCOc1ccc(S(=O)(=O)N2CCC(CP(=O)(O)OC)CC2)cc1-c1nc2c(CCC)nn(C)c2c(=O)[nH]1. The van der Waals surface area contributed by atoms with Crippen molar-refractivity contribution in [2.45, 2.75) is 50.8 Å². The number of hydrogen-bond donors (Lipinski definition) is 2. The standard InChI is InChI=1S/C25H36N5O7PS/c1-5-7-20-22-23(29(3)28-20)25(31)27-24(26-22)19-15-18(8-9-21(19)37-14-6-2)39(34,35)30-12-10-17(11-13-30)16-38(32,33)36-4/h8-9,15,17H,5-7,10-14,16H2,1-4H3,(H,32,33)(H,26,27,31). The van der Waals surface area contributed by atoms with Crippen LogP contribution in [0.2, 0.25) is 0 Å². The molecule has 214 valence electrons. The van der Waals surface area contributed by atoms with Gasteiger partial charge in [-0.15, -0.1) is 0 Å². The zero-order chi connectivity index (χ0) is 28.4. The number of fused-ring (bicyclic) bond motifs is 1. The lowest BCUT2D eigenvalue weighted by Gasteiger charge is -2.31. The van der Waals surface area contributed by atoms with Crippen LogP contribution in [-0.2, 0) is 32.6 Å². The first-order chi connectivity index (χ1) is 18.5. The van der Waals surface area contributed by atoms with Crippen LogP contribution in [0.4, 0.5) is 0 Å². The van der Waals surface area contributed by atoms with Gasteiger partial charge in [-0.25, -0.2) is 13.4 Å². The Labute approximate surface area is 227 Å². The molecule has 0 saturated carbocycles. The first-order valence-corrected chi connectivity index (χ1v) is 16.3. The third-order valence-electron chi connectivity index (χ3n) is 6.90. The molecule has 12 nitrogen and oxygen atoms in total. The van der Waals surface area contributed by atoms with Crippen molar-refractivity contribution < 1.29 is 27.1 Å². The first-order valence-electron chi connectivity index (χ1n) is 13.1. The second-order valence-corrected chi connectivity index (χ2v) is 13.7. The van der Waals surface area contributed by atoms with E-state index < -0.39 is 17.6 Å². The molecule has 1 atom stereocenters. The van der Waals surface area contributed by atoms with Crippen LogP contribution in [0.15, 0.2) is 27.9 Å². The average molecular weight is 582 g/mol. The smallest absolute Gasteiger partial charge is 0.328 e. The number of piperidine rings is 1. The maximum absolute atomic E-state index is 13.6. The number of benzene rings is 1. The molecule has 0 aliphatic carbocycles. The maximum atomic E-state index is 13.6. The number of aryl methyl sites for hydroxylation is 2. The fourth-order valence-corrected chi connectivity index (χ4v) is 7.52. The highest BCUT2D eigenvalue weighted by Crippen LogP contribution is 2.45. The molecule has 3 aromatic rings. The Bertz CT molecular complexity index is 1540. The number of rotatable bonds is 11. The first kappa shape index (κ1) is 29.4. The largest absolute Gasteiger partial charge is 0.493 e. The molecule has 39 heavy (non-hydrogen) atoms. The lowest BCUT2D eigenvalue weighted by atomic mass is 10.0. The lowest BCUT2D eigenvalue weighted by molar-refractivity contribution is 0.265. The molecule has 2 N–H and O–H groups in total. The number of aromatic amines is 1. The van der Waals surface area contributed by atoms with Crippen LogP contribution < -0.4 is 10.3 Å². The monoisotopic (exact) mass is 581 g/mol. The number of aromatic nitrogens is 4. The van der Waals surface area contributed by atoms with Gasteiger partial charge >= 0.3 is 7.60 Å². The molecule has 1 saturated heterocycles. The summed E-state index contributed by atoms with van der Waals surface area (Å²) < 4.78 is 52.7. The molecule has 0 bridgehead atoms. The highest BCUT2D eigenvalue weighted by atomic mass is 32.2. The van der Waals surface area contributed by atoms with E-state index in [0.717, 1.165) is 12.8 Å². The lowest BCUT2D eigenvalue weighted by Crippen LogP contribution is -2.39. The van der Waals surface area contributed by atoms with Crippen LogP contribution >= 0.6 is 7.60 Å². The zero-order valence-electron chi connectivity index (χ0n) is 22.7. The fraction of sp³-hybridized carbons (Fsp3) is 0.560. The highest BCUT2D eigenvalue weighted by molar-refractivity contribution is 7.89. The van der Waals surface area contributed by atoms with Crippen LogP contribution in [0.3, 0.4) is 0 Å². The molecule has 1 unspecified atom stereocenters. The van der Waals surface area contributed by atoms with Crippen molar-refractivity contribution in [3.63, 3.8) is 0 Å². The van der Waals surface area contributed by atoms with Gasteiger partial charge in [-0.2, -0.15) is 9.40 Å². The Morgan fingerprint density at radius 2 is 1.92 bits per heavy atom. The summed E-state index contributed by atoms with van der Waals surface area (Å²) in [7, 11) is -4.67. The summed E-state index contributed by atoms with van der Waals surface area (Å²) in [5, 5.41) is 4.46. The zero-order valence-corrected chi connectivity index (χ0v) is 24.4. The maximum Gasteiger partial charge on any atom is 0.328 e. The second kappa shape index (κ2) is 11.9. The number of nitrogens with zero attached hydrogens (tertiary/aromatic N) is 4. The molecule has 1 aromatic carbocycles. The van der Waals surface area contributed by atoms with Gasteiger partial charge in [0.25, 0.3) is 5.56 Å². The van der Waals surface area contributed by atoms with Crippen molar-refractivity contribution in [3.05, 3.63) is 34.2 Å². The van der Waals surface area contributed by atoms with E-state index >= 15 is 0 Å². The van der Waals surface area contributed by atoms with Gasteiger partial charge in [0, 0.05) is 27.2 Å². The van der Waals surface area contributed by atoms with Gasteiger partial charge in [0.15, 0.2) is 5.52 Å². The van der Waals surface area contributed by atoms with E-state index in [1.807, 2.05) is 13.8 Å². The van der Waals surface area contributed by atoms with E-state index in [0.29, 0.717) is 53.9 Å². The summed E-state index contributed by atoms with van der Waals surface area (Å²) in [5.41, 5.74) is 1.52. The van der Waals surface area contributed by atoms with Gasteiger partial charge in [-0.3, -0.25) is 14.0 Å². The molecule has 3 heterocycles. The minimum absolute atomic E-state index is 0.000866. The summed E-state index contributed by atoms with van der Waals surface area (Å²) >= 11 is 0. The van der Waals surface area contributed by atoms with Gasteiger partial charge in [-0.1, -0.05) is 20.3 Å². The number of nitrogens with one attached hydrogen (secondary N) is 1. The van der Waals surface area contributed by atoms with E-state index in [4.69, 9.17) is 9.72 Å². The van der Waals surface area contributed by atoms with E-state index in [1.54, 1.807) is 13.1 Å². The second-order valence-electron chi connectivity index (χ2n) is 9.79. The summed E-state index contributed by atoms with van der Waals surface area (Å²) in [6, 6.07) is 4.57. The highest BCUT2D eigenvalue weighted by Gasteiger charge is 2.33. The molecule has 1 fully saturated rings. The quantitative estimate of drug-likeness (QED) is 0.324. The molecule has 4 rings (SSSR count). The Morgan fingerprint density at radius 1 is 1.21 bits per heavy atom. The van der Waals surface area contributed by atoms with Gasteiger partial charge in [0.1, 0.15) is 17.1 Å². The van der Waals surface area contributed by atoms with Gasteiger partial charge < -0.3 is 19.1 Å². The van der Waals surface area contributed by atoms with Crippen molar-refractivity contribution >= 4 is 28.7 Å². The van der Waals surface area contributed by atoms with E-state index in [9.17, 15) is 22.7 Å². The summed E-state index contributed by atoms with van der Waals surface area (Å²) in [6.07, 6.45) is 3.11. The molecule has 0 spiro atoms. The Morgan fingerprint density at radius 3 is 2.56 bits per heavy atom. The minimum Gasteiger partial charge on any atom is -0.493 e. The number of ether oxygens (including phenoxy) is 1. The molecule has 1 aliphatic heterocycles. The van der Waals surface area contributed by atoms with Crippen LogP contribution in [0.5, 0.6) is 5.75 Å². The van der Waals surface area contributed by atoms with Crippen molar-refractivity contribution in [2.24, 2.45) is 13.0 Å². The van der Waals surface area contributed by atoms with E-state index in [2.05, 4.69) is 14.6 Å². The molecule has 0 amide bonds. The molecule has 0 radical (unpaired) electrons.